The Labute approximate surface area is 122 Å². The molecule has 0 bridgehead atoms. The van der Waals surface area contributed by atoms with Gasteiger partial charge >= 0.3 is 0 Å². The number of nitrogens with zero attached hydrogens (tertiary/aromatic N) is 1. The zero-order chi connectivity index (χ0) is 14.1. The lowest BCUT2D eigenvalue weighted by molar-refractivity contribution is 1.36. The van der Waals surface area contributed by atoms with Crippen LogP contribution in [0, 0.1) is 13.8 Å². The Morgan fingerprint density at radius 3 is 1.67 bits per heavy atom. The van der Waals surface area contributed by atoms with Crippen molar-refractivity contribution in [3.05, 3.63) is 65.7 Å². The van der Waals surface area contributed by atoms with E-state index in [-0.39, 0.29) is 0 Å². The Bertz CT molecular complexity index is 1060. The standard InChI is InChI=1S/C20H15N/c1-12-6-8-18-16(10-12)14-4-3-5-15-17-11-13(2)7-9-19(17)21(18)20(14)15/h3-11H,1-2H3. The van der Waals surface area contributed by atoms with E-state index in [1.165, 1.54) is 49.2 Å². The van der Waals surface area contributed by atoms with Crippen molar-refractivity contribution in [1.29, 1.82) is 0 Å². The average Bonchev–Trinajstić information content (AvgIpc) is 2.98. The lowest BCUT2D eigenvalue weighted by atomic mass is 10.1. The van der Waals surface area contributed by atoms with Crippen molar-refractivity contribution < 1.29 is 0 Å². The molecule has 3 aromatic carbocycles. The summed E-state index contributed by atoms with van der Waals surface area (Å²) in [6.07, 6.45) is 0. The van der Waals surface area contributed by atoms with Crippen LogP contribution in [0.1, 0.15) is 11.1 Å². The summed E-state index contributed by atoms with van der Waals surface area (Å²) >= 11 is 0. The van der Waals surface area contributed by atoms with Crippen LogP contribution in [0.4, 0.5) is 0 Å². The van der Waals surface area contributed by atoms with E-state index in [4.69, 9.17) is 0 Å². The summed E-state index contributed by atoms with van der Waals surface area (Å²) in [6.45, 7) is 4.32. The average molecular weight is 269 g/mol. The van der Waals surface area contributed by atoms with E-state index in [2.05, 4.69) is 72.8 Å². The van der Waals surface area contributed by atoms with Crippen molar-refractivity contribution in [3.63, 3.8) is 0 Å². The fraction of sp³-hybridized carbons (Fsp3) is 0.100. The van der Waals surface area contributed by atoms with Gasteiger partial charge in [0.05, 0.1) is 16.6 Å². The maximum Gasteiger partial charge on any atom is 0.0620 e. The fourth-order valence-electron chi connectivity index (χ4n) is 3.71. The third-order valence-electron chi connectivity index (χ3n) is 4.63. The number of hydrogen-bond donors (Lipinski definition) is 0. The number of para-hydroxylation sites is 1. The van der Waals surface area contributed by atoms with Crippen LogP contribution in [0.25, 0.3) is 38.1 Å². The summed E-state index contributed by atoms with van der Waals surface area (Å²) in [4.78, 5) is 0. The highest BCUT2D eigenvalue weighted by atomic mass is 14.9. The van der Waals surface area contributed by atoms with Crippen LogP contribution in [-0.4, -0.2) is 4.40 Å². The van der Waals surface area contributed by atoms with E-state index >= 15 is 0 Å². The van der Waals surface area contributed by atoms with Crippen molar-refractivity contribution in [1.82, 2.24) is 4.40 Å². The quantitative estimate of drug-likeness (QED) is 0.352. The van der Waals surface area contributed by atoms with Gasteiger partial charge < -0.3 is 4.40 Å². The largest absolute Gasteiger partial charge is 0.308 e. The van der Waals surface area contributed by atoms with Gasteiger partial charge in [-0.05, 0) is 38.1 Å². The maximum atomic E-state index is 2.42. The second-order valence-corrected chi connectivity index (χ2v) is 6.08. The molecule has 5 rings (SSSR count). The topological polar surface area (TPSA) is 4.41 Å². The molecular formula is C20H15N. The Morgan fingerprint density at radius 2 is 1.14 bits per heavy atom. The predicted molar refractivity (Wildman–Crippen MR) is 90.6 cm³/mol. The second kappa shape index (κ2) is 3.56. The third kappa shape index (κ3) is 1.26. The minimum absolute atomic E-state index is 1.31. The molecule has 0 aliphatic rings. The Kier molecular flexibility index (Phi) is 1.89. The van der Waals surface area contributed by atoms with Gasteiger partial charge in [-0.25, -0.2) is 0 Å². The molecule has 0 atom stereocenters. The lowest BCUT2D eigenvalue weighted by Gasteiger charge is -1.99. The van der Waals surface area contributed by atoms with Gasteiger partial charge in [0.25, 0.3) is 0 Å². The van der Waals surface area contributed by atoms with Crippen LogP contribution in [-0.2, 0) is 0 Å². The first-order valence-corrected chi connectivity index (χ1v) is 7.39. The summed E-state index contributed by atoms with van der Waals surface area (Å²) in [5.41, 5.74) is 6.61. The zero-order valence-corrected chi connectivity index (χ0v) is 12.1. The van der Waals surface area contributed by atoms with Crippen LogP contribution in [0.5, 0.6) is 0 Å². The summed E-state index contributed by atoms with van der Waals surface area (Å²) in [6, 6.07) is 20.2. The Balaban J connectivity index is 2.22. The molecule has 21 heavy (non-hydrogen) atoms. The fourth-order valence-corrected chi connectivity index (χ4v) is 3.71. The summed E-state index contributed by atoms with van der Waals surface area (Å²) in [5.74, 6) is 0. The molecule has 0 aliphatic carbocycles. The molecule has 0 N–H and O–H groups in total. The molecule has 1 nitrogen and oxygen atoms in total. The lowest BCUT2D eigenvalue weighted by Crippen LogP contribution is -1.81. The van der Waals surface area contributed by atoms with E-state index in [1.54, 1.807) is 0 Å². The molecular weight excluding hydrogens is 254 g/mol. The molecule has 0 unspecified atom stereocenters. The number of rotatable bonds is 0. The first-order chi connectivity index (χ1) is 10.2. The molecule has 0 saturated heterocycles. The molecule has 2 heterocycles. The van der Waals surface area contributed by atoms with Gasteiger partial charge in [-0.15, -0.1) is 0 Å². The number of fused-ring (bicyclic) bond motifs is 6. The Hall–Kier alpha value is -2.54. The minimum atomic E-state index is 1.31. The van der Waals surface area contributed by atoms with E-state index in [0.717, 1.165) is 0 Å². The maximum absolute atomic E-state index is 2.42. The number of benzene rings is 3. The van der Waals surface area contributed by atoms with Crippen molar-refractivity contribution in [2.75, 3.05) is 0 Å². The van der Waals surface area contributed by atoms with Crippen molar-refractivity contribution in [2.45, 2.75) is 13.8 Å². The molecule has 0 amide bonds. The SMILES string of the molecule is Cc1ccc2c(c1)c1cccc3c4cc(C)ccc4n2c13. The van der Waals surface area contributed by atoms with Gasteiger partial charge in [0.1, 0.15) is 0 Å². The normalized spacial score (nSPS) is 12.3. The number of aromatic nitrogens is 1. The predicted octanol–water partition coefficient (Wildman–Crippen LogP) is 5.45. The van der Waals surface area contributed by atoms with Crippen molar-refractivity contribution >= 4 is 38.1 Å². The molecule has 1 heteroatoms. The van der Waals surface area contributed by atoms with Gasteiger partial charge in [-0.3, -0.25) is 0 Å². The van der Waals surface area contributed by atoms with E-state index in [9.17, 15) is 0 Å². The van der Waals surface area contributed by atoms with Crippen LogP contribution >= 0.6 is 0 Å². The third-order valence-corrected chi connectivity index (χ3v) is 4.63. The number of aryl methyl sites for hydroxylation is 2. The van der Waals surface area contributed by atoms with Crippen molar-refractivity contribution in [3.8, 4) is 0 Å². The van der Waals surface area contributed by atoms with E-state index < -0.39 is 0 Å². The summed E-state index contributed by atoms with van der Waals surface area (Å²) < 4.78 is 2.42. The first kappa shape index (κ1) is 11.2. The van der Waals surface area contributed by atoms with Crippen LogP contribution < -0.4 is 0 Å². The smallest absolute Gasteiger partial charge is 0.0620 e. The van der Waals surface area contributed by atoms with Crippen LogP contribution in [0.15, 0.2) is 54.6 Å². The second-order valence-electron chi connectivity index (χ2n) is 6.08. The molecule has 0 saturated carbocycles. The minimum Gasteiger partial charge on any atom is -0.308 e. The highest BCUT2D eigenvalue weighted by Crippen LogP contribution is 2.39. The van der Waals surface area contributed by atoms with E-state index in [0.29, 0.717) is 0 Å². The molecule has 2 aromatic heterocycles. The molecule has 0 fully saturated rings. The van der Waals surface area contributed by atoms with E-state index in [1.807, 2.05) is 0 Å². The monoisotopic (exact) mass is 269 g/mol. The molecule has 0 radical (unpaired) electrons. The van der Waals surface area contributed by atoms with Gasteiger partial charge in [0.15, 0.2) is 0 Å². The van der Waals surface area contributed by atoms with Gasteiger partial charge in [0, 0.05) is 21.5 Å². The summed E-state index contributed by atoms with van der Waals surface area (Å²) in [5, 5.41) is 5.44. The van der Waals surface area contributed by atoms with Crippen LogP contribution in [0.3, 0.4) is 0 Å². The van der Waals surface area contributed by atoms with Gasteiger partial charge in [-0.1, -0.05) is 41.5 Å². The highest BCUT2D eigenvalue weighted by Gasteiger charge is 2.16. The van der Waals surface area contributed by atoms with Crippen LogP contribution in [0.2, 0.25) is 0 Å². The zero-order valence-electron chi connectivity index (χ0n) is 12.1. The molecule has 0 spiro atoms. The van der Waals surface area contributed by atoms with Crippen molar-refractivity contribution in [2.24, 2.45) is 0 Å². The first-order valence-electron chi connectivity index (χ1n) is 7.39. The van der Waals surface area contributed by atoms with Gasteiger partial charge in [0.2, 0.25) is 0 Å². The Morgan fingerprint density at radius 1 is 0.619 bits per heavy atom. The summed E-state index contributed by atoms with van der Waals surface area (Å²) in [7, 11) is 0. The number of hydrogen-bond acceptors (Lipinski definition) is 0. The molecule has 0 aliphatic heterocycles. The molecule has 100 valence electrons. The molecule has 5 aromatic rings. The van der Waals surface area contributed by atoms with Gasteiger partial charge in [-0.2, -0.15) is 0 Å². The highest BCUT2D eigenvalue weighted by molar-refractivity contribution is 6.23.